The van der Waals surface area contributed by atoms with E-state index in [1.54, 1.807) is 19.2 Å². The summed E-state index contributed by atoms with van der Waals surface area (Å²) in [5.41, 5.74) is 6.35. The highest BCUT2D eigenvalue weighted by Crippen LogP contribution is 2.30. The molecule has 0 amide bonds. The van der Waals surface area contributed by atoms with Crippen LogP contribution < -0.4 is 15.2 Å². The molecule has 17 heavy (non-hydrogen) atoms. The molecule has 0 aliphatic carbocycles. The van der Waals surface area contributed by atoms with E-state index < -0.39 is 0 Å². The molecule has 1 aromatic rings. The summed E-state index contributed by atoms with van der Waals surface area (Å²) in [6.07, 6.45) is 2.69. The lowest BCUT2D eigenvalue weighted by atomic mass is 10.2. The van der Waals surface area contributed by atoms with Crippen LogP contribution in [0.4, 0.5) is 5.69 Å². The van der Waals surface area contributed by atoms with Crippen LogP contribution in [0.25, 0.3) is 0 Å². The minimum absolute atomic E-state index is 0.187. The van der Waals surface area contributed by atoms with Gasteiger partial charge in [-0.1, -0.05) is 0 Å². The van der Waals surface area contributed by atoms with Crippen LogP contribution in [0, 0.1) is 0 Å². The van der Waals surface area contributed by atoms with Crippen molar-refractivity contribution < 1.29 is 14.2 Å². The van der Waals surface area contributed by atoms with E-state index in [4.69, 9.17) is 19.9 Å². The molecule has 4 nitrogen and oxygen atoms in total. The second-order valence-electron chi connectivity index (χ2n) is 4.37. The molecule has 1 aromatic carbocycles. The number of hydrogen-bond acceptors (Lipinski definition) is 4. The maximum Gasteiger partial charge on any atom is 0.162 e. The molecule has 2 rings (SSSR count). The summed E-state index contributed by atoms with van der Waals surface area (Å²) >= 11 is 0. The van der Waals surface area contributed by atoms with Crippen LogP contribution in [0.1, 0.15) is 19.8 Å². The summed E-state index contributed by atoms with van der Waals surface area (Å²) in [6, 6.07) is 5.38. The zero-order valence-corrected chi connectivity index (χ0v) is 10.3. The number of nitrogens with two attached hydrogens (primary N) is 1. The molecule has 0 bridgehead atoms. The lowest BCUT2D eigenvalue weighted by Gasteiger charge is -2.15. The van der Waals surface area contributed by atoms with E-state index in [0.717, 1.165) is 12.8 Å². The Bertz CT molecular complexity index is 381. The Morgan fingerprint density at radius 1 is 1.35 bits per heavy atom. The number of nitrogen functional groups attached to an aromatic ring is 1. The highest BCUT2D eigenvalue weighted by Gasteiger charge is 2.22. The van der Waals surface area contributed by atoms with E-state index in [1.165, 1.54) is 0 Å². The second-order valence-corrected chi connectivity index (χ2v) is 4.37. The van der Waals surface area contributed by atoms with Gasteiger partial charge < -0.3 is 19.9 Å². The van der Waals surface area contributed by atoms with E-state index in [0.29, 0.717) is 29.9 Å². The van der Waals surface area contributed by atoms with Gasteiger partial charge in [0, 0.05) is 11.8 Å². The molecule has 2 unspecified atom stereocenters. The van der Waals surface area contributed by atoms with Gasteiger partial charge in [-0.2, -0.15) is 0 Å². The fraction of sp³-hybridized carbons (Fsp3) is 0.538. The fourth-order valence-corrected chi connectivity index (χ4v) is 1.99. The van der Waals surface area contributed by atoms with Crippen LogP contribution in [-0.2, 0) is 4.74 Å². The molecule has 0 aromatic heterocycles. The Morgan fingerprint density at radius 2 is 2.18 bits per heavy atom. The minimum Gasteiger partial charge on any atom is -0.493 e. The van der Waals surface area contributed by atoms with Crippen LogP contribution in [0.15, 0.2) is 18.2 Å². The van der Waals surface area contributed by atoms with Crippen molar-refractivity contribution in [1.29, 1.82) is 0 Å². The monoisotopic (exact) mass is 237 g/mol. The van der Waals surface area contributed by atoms with Gasteiger partial charge in [0.2, 0.25) is 0 Å². The number of rotatable bonds is 4. The molecule has 94 valence electrons. The van der Waals surface area contributed by atoms with Crippen LogP contribution >= 0.6 is 0 Å². The van der Waals surface area contributed by atoms with Crippen LogP contribution in [0.3, 0.4) is 0 Å². The zero-order chi connectivity index (χ0) is 12.3. The first-order valence-corrected chi connectivity index (χ1v) is 5.91. The fourth-order valence-electron chi connectivity index (χ4n) is 1.99. The first-order valence-electron chi connectivity index (χ1n) is 5.91. The molecule has 1 fully saturated rings. The van der Waals surface area contributed by atoms with Crippen LogP contribution in [0.5, 0.6) is 11.5 Å². The Labute approximate surface area is 102 Å². The average molecular weight is 237 g/mol. The van der Waals surface area contributed by atoms with Gasteiger partial charge in [0.1, 0.15) is 6.61 Å². The number of benzene rings is 1. The van der Waals surface area contributed by atoms with Crippen LogP contribution in [0.2, 0.25) is 0 Å². The summed E-state index contributed by atoms with van der Waals surface area (Å²) in [6.45, 7) is 2.65. The quantitative estimate of drug-likeness (QED) is 0.816. The molecule has 2 atom stereocenters. The third-order valence-electron chi connectivity index (χ3n) is 2.93. The van der Waals surface area contributed by atoms with Crippen molar-refractivity contribution in [2.45, 2.75) is 32.0 Å². The van der Waals surface area contributed by atoms with Crippen molar-refractivity contribution in [3.63, 3.8) is 0 Å². The van der Waals surface area contributed by atoms with Crippen molar-refractivity contribution in [2.75, 3.05) is 19.5 Å². The molecule has 0 radical (unpaired) electrons. The summed E-state index contributed by atoms with van der Waals surface area (Å²) in [4.78, 5) is 0. The van der Waals surface area contributed by atoms with Crippen LogP contribution in [-0.4, -0.2) is 25.9 Å². The Kier molecular flexibility index (Phi) is 3.74. The second kappa shape index (κ2) is 5.27. The molecule has 1 aliphatic rings. The van der Waals surface area contributed by atoms with E-state index in [2.05, 4.69) is 6.92 Å². The maximum absolute atomic E-state index is 5.71. The van der Waals surface area contributed by atoms with Crippen molar-refractivity contribution in [3.8, 4) is 11.5 Å². The van der Waals surface area contributed by atoms with Gasteiger partial charge in [-0.15, -0.1) is 0 Å². The summed E-state index contributed by atoms with van der Waals surface area (Å²) in [5, 5.41) is 0. The lowest BCUT2D eigenvalue weighted by molar-refractivity contribution is 0.0259. The molecular formula is C13H19NO3. The van der Waals surface area contributed by atoms with Gasteiger partial charge in [-0.05, 0) is 31.9 Å². The maximum atomic E-state index is 5.71. The highest BCUT2D eigenvalue weighted by atomic mass is 16.6. The van der Waals surface area contributed by atoms with Gasteiger partial charge in [0.15, 0.2) is 11.5 Å². The van der Waals surface area contributed by atoms with E-state index >= 15 is 0 Å². The largest absolute Gasteiger partial charge is 0.493 e. The average Bonchev–Trinajstić information content (AvgIpc) is 2.73. The first-order chi connectivity index (χ1) is 8.19. The Morgan fingerprint density at radius 3 is 2.82 bits per heavy atom. The van der Waals surface area contributed by atoms with Gasteiger partial charge in [-0.25, -0.2) is 0 Å². The van der Waals surface area contributed by atoms with Gasteiger partial charge in [0.05, 0.1) is 19.3 Å². The molecule has 1 heterocycles. The molecule has 4 heteroatoms. The highest BCUT2D eigenvalue weighted by molar-refractivity contribution is 5.51. The predicted octanol–water partition coefficient (Wildman–Crippen LogP) is 2.22. The van der Waals surface area contributed by atoms with E-state index in [-0.39, 0.29) is 6.10 Å². The topological polar surface area (TPSA) is 53.7 Å². The minimum atomic E-state index is 0.187. The van der Waals surface area contributed by atoms with E-state index in [1.807, 2.05) is 6.07 Å². The summed E-state index contributed by atoms with van der Waals surface area (Å²) < 4.78 is 16.6. The molecular weight excluding hydrogens is 218 g/mol. The summed E-state index contributed by atoms with van der Waals surface area (Å²) in [5.74, 6) is 1.38. The summed E-state index contributed by atoms with van der Waals surface area (Å²) in [7, 11) is 1.61. The van der Waals surface area contributed by atoms with Crippen molar-refractivity contribution in [3.05, 3.63) is 18.2 Å². The number of hydrogen-bond donors (Lipinski definition) is 1. The SMILES string of the molecule is COc1cc(N)ccc1OCC1CCC(C)O1. The lowest BCUT2D eigenvalue weighted by Crippen LogP contribution is -2.18. The molecule has 1 aliphatic heterocycles. The standard InChI is InChI=1S/C13H19NO3/c1-9-3-5-11(17-9)8-16-12-6-4-10(14)7-13(12)15-2/h4,6-7,9,11H,3,5,8,14H2,1-2H3. The molecule has 0 spiro atoms. The Hall–Kier alpha value is -1.42. The number of methoxy groups -OCH3 is 1. The third-order valence-corrected chi connectivity index (χ3v) is 2.93. The van der Waals surface area contributed by atoms with Crippen molar-refractivity contribution >= 4 is 5.69 Å². The first kappa shape index (κ1) is 12.0. The van der Waals surface area contributed by atoms with Crippen molar-refractivity contribution in [2.24, 2.45) is 0 Å². The van der Waals surface area contributed by atoms with E-state index in [9.17, 15) is 0 Å². The van der Waals surface area contributed by atoms with Gasteiger partial charge in [-0.3, -0.25) is 0 Å². The number of ether oxygens (including phenoxy) is 3. The molecule has 1 saturated heterocycles. The predicted molar refractivity (Wildman–Crippen MR) is 66.5 cm³/mol. The third kappa shape index (κ3) is 3.03. The normalized spacial score (nSPS) is 23.6. The molecule has 2 N–H and O–H groups in total. The van der Waals surface area contributed by atoms with Gasteiger partial charge >= 0.3 is 0 Å². The van der Waals surface area contributed by atoms with Crippen molar-refractivity contribution in [1.82, 2.24) is 0 Å². The van der Waals surface area contributed by atoms with Gasteiger partial charge in [0.25, 0.3) is 0 Å². The zero-order valence-electron chi connectivity index (χ0n) is 10.3. The smallest absolute Gasteiger partial charge is 0.162 e. The number of anilines is 1. The Balaban J connectivity index is 1.94. The molecule has 0 saturated carbocycles.